The molecule has 7 heteroatoms. The predicted molar refractivity (Wildman–Crippen MR) is 139 cm³/mol. The Bertz CT molecular complexity index is 758. The van der Waals surface area contributed by atoms with Crippen LogP contribution in [0.1, 0.15) is 44.7 Å². The van der Waals surface area contributed by atoms with Crippen LogP contribution in [0, 0.1) is 0 Å². The minimum absolute atomic E-state index is 0. The Hall–Kier alpha value is -1.32. The van der Waals surface area contributed by atoms with Gasteiger partial charge in [0.15, 0.2) is 5.96 Å². The number of benzene rings is 1. The van der Waals surface area contributed by atoms with Crippen LogP contribution in [0.3, 0.4) is 0 Å². The summed E-state index contributed by atoms with van der Waals surface area (Å²) >= 11 is 1.82. The number of nitrogens with one attached hydrogen (secondary N) is 2. The molecule has 3 rings (SSSR count). The Labute approximate surface area is 202 Å². The molecule has 1 aliphatic rings. The number of piperidine rings is 1. The number of halogens is 1. The van der Waals surface area contributed by atoms with Gasteiger partial charge in [0.05, 0.1) is 24.3 Å². The van der Waals surface area contributed by atoms with E-state index >= 15 is 0 Å². The van der Waals surface area contributed by atoms with Crippen LogP contribution in [0.4, 0.5) is 5.00 Å². The molecule has 30 heavy (non-hydrogen) atoms. The molecule has 0 unspecified atom stereocenters. The highest BCUT2D eigenvalue weighted by Gasteiger charge is 2.20. The number of guanidine groups is 1. The van der Waals surface area contributed by atoms with E-state index in [9.17, 15) is 0 Å². The highest BCUT2D eigenvalue weighted by atomic mass is 127. The third kappa shape index (κ3) is 8.07. The van der Waals surface area contributed by atoms with Crippen molar-refractivity contribution in [1.29, 1.82) is 0 Å². The molecule has 166 valence electrons. The molecule has 2 aromatic rings. The lowest BCUT2D eigenvalue weighted by Crippen LogP contribution is -2.48. The van der Waals surface area contributed by atoms with Gasteiger partial charge < -0.3 is 20.3 Å². The molecular weight excluding hydrogens is 507 g/mol. The molecule has 0 aliphatic carbocycles. The summed E-state index contributed by atoms with van der Waals surface area (Å²) in [4.78, 5) is 7.31. The zero-order valence-corrected chi connectivity index (χ0v) is 21.4. The van der Waals surface area contributed by atoms with E-state index < -0.39 is 0 Å². The largest absolute Gasteiger partial charge is 0.374 e. The highest BCUT2D eigenvalue weighted by Crippen LogP contribution is 2.24. The molecule has 1 aromatic carbocycles. The van der Waals surface area contributed by atoms with Crippen molar-refractivity contribution < 1.29 is 4.74 Å². The van der Waals surface area contributed by atoms with Gasteiger partial charge in [0.25, 0.3) is 0 Å². The minimum atomic E-state index is 0. The molecule has 2 heterocycles. The van der Waals surface area contributed by atoms with Crippen LogP contribution in [-0.4, -0.2) is 37.7 Å². The van der Waals surface area contributed by atoms with Crippen molar-refractivity contribution in [3.8, 4) is 0 Å². The Morgan fingerprint density at radius 1 is 1.20 bits per heavy atom. The van der Waals surface area contributed by atoms with Gasteiger partial charge >= 0.3 is 0 Å². The summed E-state index contributed by atoms with van der Waals surface area (Å²) in [5, 5.41) is 10.6. The fourth-order valence-corrected chi connectivity index (χ4v) is 4.24. The lowest BCUT2D eigenvalue weighted by Gasteiger charge is -2.33. The molecule has 0 amide bonds. The average Bonchev–Trinajstić information content (AvgIpc) is 3.26. The number of thiophene rings is 1. The maximum absolute atomic E-state index is 5.72. The summed E-state index contributed by atoms with van der Waals surface area (Å²) < 4.78 is 5.72. The second kappa shape index (κ2) is 13.2. The van der Waals surface area contributed by atoms with Crippen LogP contribution in [0.15, 0.2) is 46.8 Å². The van der Waals surface area contributed by atoms with Crippen LogP contribution in [0.5, 0.6) is 0 Å². The zero-order valence-electron chi connectivity index (χ0n) is 18.3. The Morgan fingerprint density at radius 2 is 1.97 bits per heavy atom. The monoisotopic (exact) mass is 542 g/mol. The quantitative estimate of drug-likeness (QED) is 0.280. The van der Waals surface area contributed by atoms with E-state index in [1.165, 1.54) is 16.1 Å². The van der Waals surface area contributed by atoms with Crippen molar-refractivity contribution in [2.24, 2.45) is 4.99 Å². The first kappa shape index (κ1) is 24.9. The van der Waals surface area contributed by atoms with Gasteiger partial charge in [-0.05, 0) is 62.3 Å². The zero-order chi connectivity index (χ0) is 20.5. The van der Waals surface area contributed by atoms with Crippen molar-refractivity contribution in [2.75, 3.05) is 24.5 Å². The SMILES string of the molecule is CCNC(=NCc1cccc(COC(C)C)c1)NC1CCN(c2cccs2)CC1.I. The van der Waals surface area contributed by atoms with Crippen molar-refractivity contribution >= 4 is 46.3 Å². The van der Waals surface area contributed by atoms with Gasteiger partial charge in [-0.25, -0.2) is 4.99 Å². The van der Waals surface area contributed by atoms with Crippen LogP contribution in [-0.2, 0) is 17.9 Å². The topological polar surface area (TPSA) is 48.9 Å². The molecule has 2 N–H and O–H groups in total. The maximum atomic E-state index is 5.72. The van der Waals surface area contributed by atoms with Crippen molar-refractivity contribution in [1.82, 2.24) is 10.6 Å². The number of ether oxygens (including phenoxy) is 1. The van der Waals surface area contributed by atoms with Crippen molar-refractivity contribution in [2.45, 2.75) is 58.9 Å². The van der Waals surface area contributed by atoms with E-state index in [1.807, 2.05) is 11.3 Å². The fourth-order valence-electron chi connectivity index (χ4n) is 3.46. The first-order valence-corrected chi connectivity index (χ1v) is 11.5. The van der Waals surface area contributed by atoms with Gasteiger partial charge in [0, 0.05) is 25.7 Å². The lowest BCUT2D eigenvalue weighted by molar-refractivity contribution is 0.0657. The summed E-state index contributed by atoms with van der Waals surface area (Å²) in [6.07, 6.45) is 2.50. The van der Waals surface area contributed by atoms with E-state index in [2.05, 4.69) is 78.1 Å². The van der Waals surface area contributed by atoms with Gasteiger partial charge in [-0.3, -0.25) is 0 Å². The molecule has 1 fully saturated rings. The summed E-state index contributed by atoms with van der Waals surface area (Å²) in [7, 11) is 0. The molecule has 1 aromatic heterocycles. The Kier molecular flexibility index (Phi) is 11.0. The second-order valence-electron chi connectivity index (χ2n) is 7.73. The van der Waals surface area contributed by atoms with Crippen LogP contribution in [0.25, 0.3) is 0 Å². The number of anilines is 1. The molecular formula is C23H35IN4OS. The van der Waals surface area contributed by atoms with Gasteiger partial charge in [0.1, 0.15) is 0 Å². The highest BCUT2D eigenvalue weighted by molar-refractivity contribution is 14.0. The van der Waals surface area contributed by atoms with E-state index in [-0.39, 0.29) is 30.1 Å². The molecule has 5 nitrogen and oxygen atoms in total. The molecule has 0 radical (unpaired) electrons. The van der Waals surface area contributed by atoms with E-state index in [0.29, 0.717) is 19.2 Å². The summed E-state index contributed by atoms with van der Waals surface area (Å²) in [6.45, 7) is 10.6. The van der Waals surface area contributed by atoms with Gasteiger partial charge in [-0.2, -0.15) is 0 Å². The van der Waals surface area contributed by atoms with Crippen molar-refractivity contribution in [3.05, 3.63) is 52.9 Å². The smallest absolute Gasteiger partial charge is 0.191 e. The average molecular weight is 543 g/mol. The standard InChI is InChI=1S/C23H34N4OS.HI/c1-4-24-23(25-16-19-7-5-8-20(15-19)17-28-18(2)3)26-21-10-12-27(13-11-21)22-9-6-14-29-22;/h5-9,14-15,18,21H,4,10-13,16-17H2,1-3H3,(H2,24,25,26);1H. The number of rotatable bonds is 8. The van der Waals surface area contributed by atoms with E-state index in [4.69, 9.17) is 9.73 Å². The van der Waals surface area contributed by atoms with Crippen molar-refractivity contribution in [3.63, 3.8) is 0 Å². The van der Waals surface area contributed by atoms with Gasteiger partial charge in [-0.1, -0.05) is 24.3 Å². The molecule has 0 saturated carbocycles. The summed E-state index contributed by atoms with van der Waals surface area (Å²) in [5.74, 6) is 0.908. The van der Waals surface area contributed by atoms with Crippen LogP contribution in [0.2, 0.25) is 0 Å². The minimum Gasteiger partial charge on any atom is -0.374 e. The third-order valence-corrected chi connectivity index (χ3v) is 5.92. The molecule has 1 saturated heterocycles. The van der Waals surface area contributed by atoms with Gasteiger partial charge in [-0.15, -0.1) is 35.3 Å². The molecule has 0 atom stereocenters. The Balaban J connectivity index is 0.00000320. The molecule has 1 aliphatic heterocycles. The Morgan fingerprint density at radius 3 is 2.63 bits per heavy atom. The van der Waals surface area contributed by atoms with E-state index in [0.717, 1.165) is 38.4 Å². The third-order valence-electron chi connectivity index (χ3n) is 4.99. The first-order chi connectivity index (χ1) is 14.1. The molecule has 0 bridgehead atoms. The number of hydrogen-bond acceptors (Lipinski definition) is 4. The normalized spacial score (nSPS) is 15.2. The first-order valence-electron chi connectivity index (χ1n) is 10.7. The second-order valence-corrected chi connectivity index (χ2v) is 8.66. The molecule has 0 spiro atoms. The van der Waals surface area contributed by atoms with E-state index in [1.54, 1.807) is 0 Å². The maximum Gasteiger partial charge on any atom is 0.191 e. The van der Waals surface area contributed by atoms with Gasteiger partial charge in [0.2, 0.25) is 0 Å². The summed E-state index contributed by atoms with van der Waals surface area (Å²) in [5.41, 5.74) is 2.41. The van der Waals surface area contributed by atoms with Crippen LogP contribution < -0.4 is 15.5 Å². The number of aliphatic imine (C=N–C) groups is 1. The number of hydrogen-bond donors (Lipinski definition) is 2. The lowest BCUT2D eigenvalue weighted by atomic mass is 10.1. The van der Waals surface area contributed by atoms with Crippen LogP contribution >= 0.6 is 35.3 Å². The fraction of sp³-hybridized carbons (Fsp3) is 0.522. The summed E-state index contributed by atoms with van der Waals surface area (Å²) in [6, 6.07) is 13.3. The predicted octanol–water partition coefficient (Wildman–Crippen LogP) is 5.02. The number of nitrogens with zero attached hydrogens (tertiary/aromatic N) is 2.